The van der Waals surface area contributed by atoms with E-state index in [1.54, 1.807) is 36.4 Å². The van der Waals surface area contributed by atoms with Crippen LogP contribution in [0.3, 0.4) is 0 Å². The molecule has 0 fully saturated rings. The molecule has 0 spiro atoms. The van der Waals surface area contributed by atoms with Crippen molar-refractivity contribution < 1.29 is 18.0 Å². The first-order chi connectivity index (χ1) is 15.2. The second-order valence-electron chi connectivity index (χ2n) is 7.27. The molecule has 9 heteroatoms. The van der Waals surface area contributed by atoms with Crippen molar-refractivity contribution in [2.24, 2.45) is 0 Å². The normalized spacial score (nSPS) is 11.1. The quantitative estimate of drug-likeness (QED) is 0.470. The van der Waals surface area contributed by atoms with Crippen molar-refractivity contribution in [3.8, 4) is 0 Å². The van der Waals surface area contributed by atoms with Crippen LogP contribution in [0.25, 0.3) is 0 Å². The summed E-state index contributed by atoms with van der Waals surface area (Å²) in [7, 11) is -3.80. The Morgan fingerprint density at radius 3 is 2.16 bits per heavy atom. The molecule has 0 unspecified atom stereocenters. The average Bonchev–Trinajstić information content (AvgIpc) is 2.74. The molecule has 0 aliphatic heterocycles. The fourth-order valence-electron chi connectivity index (χ4n) is 2.86. The SMILES string of the molecule is CC(C)NC(=O)c1ccc(Cl)cc1NC(=O)c1ccc(S(=O)(=O)Nc2ccccc2)cc1. The maximum absolute atomic E-state index is 12.7. The van der Waals surface area contributed by atoms with E-state index in [2.05, 4.69) is 15.4 Å². The third-order valence-corrected chi connectivity index (χ3v) is 5.98. The first kappa shape index (κ1) is 23.3. The number of halogens is 1. The molecule has 0 aliphatic carbocycles. The molecular formula is C23H22ClN3O4S. The average molecular weight is 472 g/mol. The molecule has 3 N–H and O–H groups in total. The number of para-hydroxylation sites is 1. The van der Waals surface area contributed by atoms with Crippen molar-refractivity contribution in [3.05, 3.63) is 88.9 Å². The van der Waals surface area contributed by atoms with E-state index in [-0.39, 0.29) is 33.7 Å². The van der Waals surface area contributed by atoms with Gasteiger partial charge in [-0.2, -0.15) is 0 Å². The highest BCUT2D eigenvalue weighted by molar-refractivity contribution is 7.92. The van der Waals surface area contributed by atoms with Gasteiger partial charge in [0.2, 0.25) is 0 Å². The Morgan fingerprint density at radius 2 is 1.53 bits per heavy atom. The Kier molecular flexibility index (Phi) is 7.17. The Labute approximate surface area is 191 Å². The summed E-state index contributed by atoms with van der Waals surface area (Å²) >= 11 is 6.04. The minimum Gasteiger partial charge on any atom is -0.350 e. The third kappa shape index (κ3) is 5.87. The summed E-state index contributed by atoms with van der Waals surface area (Å²) in [6, 6.07) is 18.4. The van der Waals surface area contributed by atoms with Crippen LogP contribution in [0.5, 0.6) is 0 Å². The van der Waals surface area contributed by atoms with Crippen molar-refractivity contribution >= 4 is 44.8 Å². The molecule has 0 atom stereocenters. The van der Waals surface area contributed by atoms with Gasteiger partial charge in [0, 0.05) is 22.3 Å². The molecule has 0 aromatic heterocycles. The van der Waals surface area contributed by atoms with Crippen LogP contribution < -0.4 is 15.4 Å². The summed E-state index contributed by atoms with van der Waals surface area (Å²) in [6.45, 7) is 3.66. The smallest absolute Gasteiger partial charge is 0.261 e. The van der Waals surface area contributed by atoms with Gasteiger partial charge in [0.15, 0.2) is 0 Å². The van der Waals surface area contributed by atoms with Crippen LogP contribution in [-0.4, -0.2) is 26.3 Å². The lowest BCUT2D eigenvalue weighted by Gasteiger charge is -2.14. The summed E-state index contributed by atoms with van der Waals surface area (Å²) in [4.78, 5) is 25.2. The molecule has 0 radical (unpaired) electrons. The van der Waals surface area contributed by atoms with E-state index in [0.29, 0.717) is 10.7 Å². The van der Waals surface area contributed by atoms with E-state index in [4.69, 9.17) is 11.6 Å². The van der Waals surface area contributed by atoms with Gasteiger partial charge >= 0.3 is 0 Å². The number of benzene rings is 3. The van der Waals surface area contributed by atoms with Crippen molar-refractivity contribution in [3.63, 3.8) is 0 Å². The lowest BCUT2D eigenvalue weighted by Crippen LogP contribution is -2.31. The van der Waals surface area contributed by atoms with Gasteiger partial charge in [0.05, 0.1) is 16.1 Å². The van der Waals surface area contributed by atoms with Crippen molar-refractivity contribution in [1.82, 2.24) is 5.32 Å². The Morgan fingerprint density at radius 1 is 0.875 bits per heavy atom. The van der Waals surface area contributed by atoms with Crippen molar-refractivity contribution in [1.29, 1.82) is 0 Å². The molecule has 0 bridgehead atoms. The van der Waals surface area contributed by atoms with Gasteiger partial charge < -0.3 is 10.6 Å². The molecule has 0 saturated carbocycles. The molecule has 3 aromatic rings. The predicted molar refractivity (Wildman–Crippen MR) is 126 cm³/mol. The summed E-state index contributed by atoms with van der Waals surface area (Å²) in [5.74, 6) is -0.855. The van der Waals surface area contributed by atoms with Crippen molar-refractivity contribution in [2.75, 3.05) is 10.0 Å². The topological polar surface area (TPSA) is 104 Å². The standard InChI is InChI=1S/C23H22ClN3O4S/c1-15(2)25-23(29)20-13-10-17(24)14-21(20)26-22(28)16-8-11-19(12-9-16)32(30,31)27-18-6-4-3-5-7-18/h3-15,27H,1-2H3,(H,25,29)(H,26,28). The maximum atomic E-state index is 12.7. The Bertz CT molecular complexity index is 1230. The van der Waals surface area contributed by atoms with E-state index in [0.717, 1.165) is 0 Å². The van der Waals surface area contributed by atoms with Gasteiger partial charge in [-0.05, 0) is 68.4 Å². The minimum atomic E-state index is -3.80. The van der Waals surface area contributed by atoms with Gasteiger partial charge in [-0.15, -0.1) is 0 Å². The number of carbonyl (C=O) groups excluding carboxylic acids is 2. The van der Waals surface area contributed by atoms with Gasteiger partial charge in [-0.1, -0.05) is 29.8 Å². The van der Waals surface area contributed by atoms with Crippen LogP contribution in [0.15, 0.2) is 77.7 Å². The fourth-order valence-corrected chi connectivity index (χ4v) is 4.09. The summed E-state index contributed by atoms with van der Waals surface area (Å²) in [5.41, 5.74) is 1.17. The highest BCUT2D eigenvalue weighted by atomic mass is 35.5. The van der Waals surface area contributed by atoms with E-state index < -0.39 is 15.9 Å². The molecule has 0 aliphatic rings. The molecule has 32 heavy (non-hydrogen) atoms. The number of hydrogen-bond acceptors (Lipinski definition) is 4. The zero-order valence-electron chi connectivity index (χ0n) is 17.4. The molecule has 2 amide bonds. The highest BCUT2D eigenvalue weighted by Crippen LogP contribution is 2.23. The number of hydrogen-bond donors (Lipinski definition) is 3. The van der Waals surface area contributed by atoms with E-state index in [1.807, 2.05) is 13.8 Å². The number of nitrogens with one attached hydrogen (secondary N) is 3. The Hall–Kier alpha value is -3.36. The van der Waals surface area contributed by atoms with Crippen LogP contribution in [0.4, 0.5) is 11.4 Å². The van der Waals surface area contributed by atoms with Crippen LogP contribution >= 0.6 is 11.6 Å². The molecule has 166 valence electrons. The van der Waals surface area contributed by atoms with Gasteiger partial charge in [-0.3, -0.25) is 14.3 Å². The van der Waals surface area contributed by atoms with Gasteiger partial charge in [0.25, 0.3) is 21.8 Å². The van der Waals surface area contributed by atoms with Crippen LogP contribution in [0.2, 0.25) is 5.02 Å². The highest BCUT2D eigenvalue weighted by Gasteiger charge is 2.18. The van der Waals surface area contributed by atoms with Crippen LogP contribution in [-0.2, 0) is 10.0 Å². The largest absolute Gasteiger partial charge is 0.350 e. The molecule has 0 saturated heterocycles. The zero-order chi connectivity index (χ0) is 23.3. The fraction of sp³-hybridized carbons (Fsp3) is 0.130. The third-order valence-electron chi connectivity index (χ3n) is 4.35. The summed E-state index contributed by atoms with van der Waals surface area (Å²) in [5, 5.41) is 5.80. The number of rotatable bonds is 7. The van der Waals surface area contributed by atoms with Gasteiger partial charge in [-0.25, -0.2) is 8.42 Å². The lowest BCUT2D eigenvalue weighted by atomic mass is 10.1. The molecule has 0 heterocycles. The monoisotopic (exact) mass is 471 g/mol. The van der Waals surface area contributed by atoms with Crippen LogP contribution in [0.1, 0.15) is 34.6 Å². The number of carbonyl (C=O) groups is 2. The zero-order valence-corrected chi connectivity index (χ0v) is 19.0. The first-order valence-corrected chi connectivity index (χ1v) is 11.6. The number of sulfonamides is 1. The van der Waals surface area contributed by atoms with E-state index in [1.165, 1.54) is 36.4 Å². The van der Waals surface area contributed by atoms with Gasteiger partial charge in [0.1, 0.15) is 0 Å². The minimum absolute atomic E-state index is 0.0117. The first-order valence-electron chi connectivity index (χ1n) is 9.75. The second kappa shape index (κ2) is 9.84. The molecule has 7 nitrogen and oxygen atoms in total. The summed E-state index contributed by atoms with van der Waals surface area (Å²) in [6.07, 6.45) is 0. The van der Waals surface area contributed by atoms with Crippen molar-refractivity contribution in [2.45, 2.75) is 24.8 Å². The van der Waals surface area contributed by atoms with E-state index >= 15 is 0 Å². The maximum Gasteiger partial charge on any atom is 0.261 e. The predicted octanol–water partition coefficient (Wildman–Crippen LogP) is 4.53. The number of amides is 2. The number of anilines is 2. The molecule has 3 aromatic carbocycles. The summed E-state index contributed by atoms with van der Waals surface area (Å²) < 4.78 is 27.6. The van der Waals surface area contributed by atoms with Crippen LogP contribution in [0, 0.1) is 0 Å². The lowest BCUT2D eigenvalue weighted by molar-refractivity contribution is 0.0944. The molecule has 3 rings (SSSR count). The second-order valence-corrected chi connectivity index (χ2v) is 9.39. The Balaban J connectivity index is 1.78. The molecular weight excluding hydrogens is 450 g/mol. The van der Waals surface area contributed by atoms with E-state index in [9.17, 15) is 18.0 Å².